The fourth-order valence-electron chi connectivity index (χ4n) is 3.37. The molecule has 168 valence electrons. The summed E-state index contributed by atoms with van der Waals surface area (Å²) in [5.74, 6) is -0.0616. The number of tetrazole rings is 1. The Kier molecular flexibility index (Phi) is 5.84. The SMILES string of the molecule is COc1ccccc1N1CCN(C(=O)c2nnn(-c3ccc(OC(F)(F)F)cc3)n2)CC1. The van der Waals surface area contributed by atoms with E-state index in [9.17, 15) is 18.0 Å². The van der Waals surface area contributed by atoms with E-state index >= 15 is 0 Å². The number of methoxy groups -OCH3 is 1. The van der Waals surface area contributed by atoms with Crippen LogP contribution < -0.4 is 14.4 Å². The van der Waals surface area contributed by atoms with Gasteiger partial charge >= 0.3 is 6.36 Å². The van der Waals surface area contributed by atoms with E-state index in [0.717, 1.165) is 28.4 Å². The quantitative estimate of drug-likeness (QED) is 0.593. The molecule has 0 spiro atoms. The molecule has 32 heavy (non-hydrogen) atoms. The van der Waals surface area contributed by atoms with E-state index in [1.54, 1.807) is 12.0 Å². The summed E-state index contributed by atoms with van der Waals surface area (Å²) in [6.07, 6.45) is -4.78. The molecular weight excluding hydrogens is 429 g/mol. The molecule has 0 N–H and O–H groups in total. The number of nitrogens with zero attached hydrogens (tertiary/aromatic N) is 6. The Balaban J connectivity index is 1.39. The Hall–Kier alpha value is -3.83. The van der Waals surface area contributed by atoms with E-state index in [4.69, 9.17) is 4.74 Å². The number of alkyl halides is 3. The molecule has 1 aliphatic heterocycles. The molecule has 1 fully saturated rings. The molecule has 2 heterocycles. The lowest BCUT2D eigenvalue weighted by molar-refractivity contribution is -0.274. The smallest absolute Gasteiger partial charge is 0.495 e. The number of hydrogen-bond donors (Lipinski definition) is 0. The fourth-order valence-corrected chi connectivity index (χ4v) is 3.37. The first kappa shape index (κ1) is 21.4. The van der Waals surface area contributed by atoms with Gasteiger partial charge in [0.1, 0.15) is 11.5 Å². The minimum absolute atomic E-state index is 0.0913. The number of carbonyl (C=O) groups is 1. The van der Waals surface area contributed by atoms with E-state index in [2.05, 4.69) is 25.0 Å². The molecule has 0 radical (unpaired) electrons. The third kappa shape index (κ3) is 4.74. The van der Waals surface area contributed by atoms with Crippen LogP contribution in [0, 0.1) is 0 Å². The van der Waals surface area contributed by atoms with Gasteiger partial charge in [0.05, 0.1) is 18.5 Å². The molecule has 2 aromatic carbocycles. The number of carbonyl (C=O) groups excluding carboxylic acids is 1. The third-order valence-corrected chi connectivity index (χ3v) is 4.90. The Bertz CT molecular complexity index is 1080. The van der Waals surface area contributed by atoms with Crippen LogP contribution in [-0.2, 0) is 0 Å². The molecule has 4 rings (SSSR count). The molecule has 1 aromatic heterocycles. The van der Waals surface area contributed by atoms with Gasteiger partial charge in [0, 0.05) is 26.2 Å². The van der Waals surface area contributed by atoms with Crippen molar-refractivity contribution in [2.24, 2.45) is 0 Å². The summed E-state index contributed by atoms with van der Waals surface area (Å²) in [4.78, 5) is 17.6. The first-order chi connectivity index (χ1) is 15.3. The van der Waals surface area contributed by atoms with E-state index in [-0.39, 0.29) is 17.5 Å². The summed E-state index contributed by atoms with van der Waals surface area (Å²) in [6, 6.07) is 12.6. The summed E-state index contributed by atoms with van der Waals surface area (Å²) >= 11 is 0. The highest BCUT2D eigenvalue weighted by atomic mass is 19.4. The van der Waals surface area contributed by atoms with Crippen molar-refractivity contribution in [3.63, 3.8) is 0 Å². The number of para-hydroxylation sites is 2. The monoisotopic (exact) mass is 448 g/mol. The van der Waals surface area contributed by atoms with Gasteiger partial charge in [-0.2, -0.15) is 0 Å². The first-order valence-corrected chi connectivity index (χ1v) is 9.67. The van der Waals surface area contributed by atoms with Gasteiger partial charge in [-0.3, -0.25) is 4.79 Å². The number of piperazine rings is 1. The summed E-state index contributed by atoms with van der Waals surface area (Å²) in [6.45, 7) is 2.16. The van der Waals surface area contributed by atoms with Crippen molar-refractivity contribution in [1.82, 2.24) is 25.1 Å². The molecule has 1 aliphatic rings. The predicted octanol–water partition coefficient (Wildman–Crippen LogP) is 2.53. The van der Waals surface area contributed by atoms with Crippen molar-refractivity contribution >= 4 is 11.6 Å². The van der Waals surface area contributed by atoms with Gasteiger partial charge in [0.25, 0.3) is 11.7 Å². The number of benzene rings is 2. The van der Waals surface area contributed by atoms with Gasteiger partial charge in [0.15, 0.2) is 0 Å². The molecular formula is C20H19F3N6O3. The average Bonchev–Trinajstić information content (AvgIpc) is 3.28. The summed E-state index contributed by atoms with van der Waals surface area (Å²) in [5, 5.41) is 11.7. The van der Waals surface area contributed by atoms with Crippen LogP contribution in [0.2, 0.25) is 0 Å². The Morgan fingerprint density at radius 3 is 2.34 bits per heavy atom. The van der Waals surface area contributed by atoms with Crippen molar-refractivity contribution in [2.75, 3.05) is 38.2 Å². The number of rotatable bonds is 5. The summed E-state index contributed by atoms with van der Waals surface area (Å²) < 4.78 is 46.1. The highest BCUT2D eigenvalue weighted by Crippen LogP contribution is 2.28. The second-order valence-electron chi connectivity index (χ2n) is 6.90. The standard InChI is InChI=1S/C20H19F3N6O3/c1-31-17-5-3-2-4-16(17)27-10-12-28(13-11-27)19(30)18-24-26-29(25-18)14-6-8-15(9-7-14)32-20(21,22)23/h2-9H,10-13H2,1H3. The number of aromatic nitrogens is 4. The van der Waals surface area contributed by atoms with Crippen LogP contribution in [0.5, 0.6) is 11.5 Å². The van der Waals surface area contributed by atoms with Crippen molar-refractivity contribution in [2.45, 2.75) is 6.36 Å². The molecule has 3 aromatic rings. The van der Waals surface area contributed by atoms with E-state index in [1.165, 1.54) is 12.1 Å². The van der Waals surface area contributed by atoms with Crippen molar-refractivity contribution in [3.05, 3.63) is 54.4 Å². The van der Waals surface area contributed by atoms with Gasteiger partial charge in [-0.15, -0.1) is 28.2 Å². The number of halogens is 3. The van der Waals surface area contributed by atoms with Crippen LogP contribution in [0.25, 0.3) is 5.69 Å². The Labute approximate surface area is 180 Å². The van der Waals surface area contributed by atoms with Gasteiger partial charge in [-0.1, -0.05) is 12.1 Å². The Morgan fingerprint density at radius 2 is 1.69 bits per heavy atom. The molecule has 9 nitrogen and oxygen atoms in total. The van der Waals surface area contributed by atoms with Gasteiger partial charge < -0.3 is 19.3 Å². The van der Waals surface area contributed by atoms with Gasteiger partial charge in [-0.25, -0.2) is 0 Å². The minimum atomic E-state index is -4.78. The van der Waals surface area contributed by atoms with Crippen LogP contribution in [0.1, 0.15) is 10.6 Å². The minimum Gasteiger partial charge on any atom is -0.495 e. The number of anilines is 1. The average molecular weight is 448 g/mol. The molecule has 0 aliphatic carbocycles. The second-order valence-corrected chi connectivity index (χ2v) is 6.90. The molecule has 0 atom stereocenters. The maximum Gasteiger partial charge on any atom is 0.573 e. The number of hydrogen-bond acceptors (Lipinski definition) is 7. The van der Waals surface area contributed by atoms with Gasteiger partial charge in [-0.05, 0) is 41.6 Å². The summed E-state index contributed by atoms with van der Waals surface area (Å²) in [7, 11) is 1.62. The molecule has 1 amide bonds. The lowest BCUT2D eigenvalue weighted by atomic mass is 10.2. The predicted molar refractivity (Wildman–Crippen MR) is 107 cm³/mol. The first-order valence-electron chi connectivity index (χ1n) is 9.67. The number of amides is 1. The van der Waals surface area contributed by atoms with E-state index in [0.29, 0.717) is 31.9 Å². The van der Waals surface area contributed by atoms with E-state index < -0.39 is 6.36 Å². The van der Waals surface area contributed by atoms with Crippen LogP contribution in [0.15, 0.2) is 48.5 Å². The highest BCUT2D eigenvalue weighted by Gasteiger charge is 2.31. The van der Waals surface area contributed by atoms with Crippen LogP contribution in [0.3, 0.4) is 0 Å². The van der Waals surface area contributed by atoms with Crippen LogP contribution in [-0.4, -0.2) is 70.7 Å². The number of ether oxygens (including phenoxy) is 2. The summed E-state index contributed by atoms with van der Waals surface area (Å²) in [5.41, 5.74) is 1.30. The van der Waals surface area contributed by atoms with Crippen LogP contribution >= 0.6 is 0 Å². The van der Waals surface area contributed by atoms with E-state index in [1.807, 2.05) is 24.3 Å². The maximum absolute atomic E-state index is 12.8. The van der Waals surface area contributed by atoms with Crippen molar-refractivity contribution in [3.8, 4) is 17.2 Å². The zero-order chi connectivity index (χ0) is 22.7. The van der Waals surface area contributed by atoms with Gasteiger partial charge in [0.2, 0.25) is 0 Å². The molecule has 1 saturated heterocycles. The zero-order valence-corrected chi connectivity index (χ0v) is 17.0. The lowest BCUT2D eigenvalue weighted by Gasteiger charge is -2.36. The topological polar surface area (TPSA) is 85.6 Å². The fraction of sp³-hybridized carbons (Fsp3) is 0.300. The Morgan fingerprint density at radius 1 is 1.00 bits per heavy atom. The molecule has 0 bridgehead atoms. The normalized spacial score (nSPS) is 14.4. The zero-order valence-electron chi connectivity index (χ0n) is 17.0. The molecule has 0 saturated carbocycles. The van der Waals surface area contributed by atoms with Crippen LogP contribution in [0.4, 0.5) is 18.9 Å². The lowest BCUT2D eigenvalue weighted by Crippen LogP contribution is -2.49. The maximum atomic E-state index is 12.8. The van der Waals surface area contributed by atoms with Crippen molar-refractivity contribution in [1.29, 1.82) is 0 Å². The van der Waals surface area contributed by atoms with Crippen molar-refractivity contribution < 1.29 is 27.4 Å². The largest absolute Gasteiger partial charge is 0.573 e. The molecule has 0 unspecified atom stereocenters. The second kappa shape index (κ2) is 8.73. The third-order valence-electron chi connectivity index (χ3n) is 4.90. The highest BCUT2D eigenvalue weighted by molar-refractivity contribution is 5.90. The molecule has 12 heteroatoms.